The van der Waals surface area contributed by atoms with Crippen molar-refractivity contribution in [1.29, 1.82) is 5.26 Å². The van der Waals surface area contributed by atoms with Crippen molar-refractivity contribution in [1.82, 2.24) is 4.98 Å². The predicted molar refractivity (Wildman–Crippen MR) is 97.8 cm³/mol. The Morgan fingerprint density at radius 2 is 2.00 bits per heavy atom. The van der Waals surface area contributed by atoms with Crippen LogP contribution in [0.2, 0.25) is 0 Å². The molecule has 0 bridgehead atoms. The number of benzene rings is 1. The van der Waals surface area contributed by atoms with Gasteiger partial charge < -0.3 is 0 Å². The number of aromatic nitrogens is 1. The van der Waals surface area contributed by atoms with E-state index in [0.29, 0.717) is 5.57 Å². The van der Waals surface area contributed by atoms with Gasteiger partial charge in [-0.1, -0.05) is 29.8 Å². The van der Waals surface area contributed by atoms with Gasteiger partial charge in [-0.15, -0.1) is 22.7 Å². The summed E-state index contributed by atoms with van der Waals surface area (Å²) in [4.78, 5) is 5.64. The topological polar surface area (TPSA) is 36.7 Å². The van der Waals surface area contributed by atoms with Crippen LogP contribution in [0.4, 0.5) is 0 Å². The third-order valence-corrected chi connectivity index (χ3v) is 5.53. The van der Waals surface area contributed by atoms with Crippen molar-refractivity contribution < 1.29 is 0 Å². The van der Waals surface area contributed by atoms with Gasteiger partial charge >= 0.3 is 0 Å². The van der Waals surface area contributed by atoms with Gasteiger partial charge in [0.15, 0.2) is 0 Å². The standard InChI is InChI=1S/C17H11BrN2S2/c1-11-2-4-12(5-3-11)15-10-21-17(20-15)13(9-19)8-14-6-7-16(18)22-14/h2-8,10H,1H3/b13-8+. The second-order valence-corrected chi connectivity index (χ2v) is 8.07. The summed E-state index contributed by atoms with van der Waals surface area (Å²) >= 11 is 6.53. The van der Waals surface area contributed by atoms with Crippen LogP contribution in [0.3, 0.4) is 0 Å². The molecule has 0 saturated carbocycles. The summed E-state index contributed by atoms with van der Waals surface area (Å²) in [5.41, 5.74) is 3.80. The molecule has 0 fully saturated rings. The molecule has 3 rings (SSSR count). The van der Waals surface area contributed by atoms with E-state index in [1.807, 2.05) is 23.6 Å². The van der Waals surface area contributed by atoms with Crippen molar-refractivity contribution in [3.05, 3.63) is 61.0 Å². The Kier molecular flexibility index (Phi) is 4.53. The average Bonchev–Trinajstić information content (AvgIpc) is 3.15. The molecule has 0 radical (unpaired) electrons. The van der Waals surface area contributed by atoms with Gasteiger partial charge in [-0.3, -0.25) is 0 Å². The van der Waals surface area contributed by atoms with E-state index in [-0.39, 0.29) is 0 Å². The van der Waals surface area contributed by atoms with Gasteiger partial charge in [-0.2, -0.15) is 5.26 Å². The minimum Gasteiger partial charge on any atom is -0.235 e. The Labute approximate surface area is 145 Å². The Balaban J connectivity index is 1.93. The van der Waals surface area contributed by atoms with Crippen molar-refractivity contribution in [2.75, 3.05) is 0 Å². The van der Waals surface area contributed by atoms with Crippen molar-refractivity contribution in [2.45, 2.75) is 6.92 Å². The normalized spacial score (nSPS) is 11.4. The molecule has 1 aromatic carbocycles. The number of allylic oxidation sites excluding steroid dienone is 1. The molecular formula is C17H11BrN2S2. The third kappa shape index (κ3) is 3.36. The molecule has 0 aliphatic heterocycles. The minimum atomic E-state index is 0.595. The highest BCUT2D eigenvalue weighted by molar-refractivity contribution is 9.11. The number of aryl methyl sites for hydroxylation is 1. The van der Waals surface area contributed by atoms with Crippen molar-refractivity contribution in [2.24, 2.45) is 0 Å². The van der Waals surface area contributed by atoms with Crippen LogP contribution < -0.4 is 0 Å². The van der Waals surface area contributed by atoms with Gasteiger partial charge in [-0.25, -0.2) is 4.98 Å². The number of nitrogens with zero attached hydrogens (tertiary/aromatic N) is 2. The van der Waals surface area contributed by atoms with Crippen molar-refractivity contribution in [3.8, 4) is 17.3 Å². The molecule has 0 N–H and O–H groups in total. The summed E-state index contributed by atoms with van der Waals surface area (Å²) < 4.78 is 1.05. The fraction of sp³-hybridized carbons (Fsp3) is 0.0588. The lowest BCUT2D eigenvalue weighted by atomic mass is 10.1. The smallest absolute Gasteiger partial charge is 0.134 e. The lowest BCUT2D eigenvalue weighted by molar-refractivity contribution is 1.36. The molecule has 2 heterocycles. The lowest BCUT2D eigenvalue weighted by Crippen LogP contribution is -1.82. The number of thiazole rings is 1. The Morgan fingerprint density at radius 3 is 2.64 bits per heavy atom. The van der Waals surface area contributed by atoms with E-state index in [4.69, 9.17) is 0 Å². The largest absolute Gasteiger partial charge is 0.235 e. The summed E-state index contributed by atoms with van der Waals surface area (Å²) in [6.07, 6.45) is 1.88. The minimum absolute atomic E-state index is 0.595. The number of hydrogen-bond acceptors (Lipinski definition) is 4. The zero-order valence-corrected chi connectivity index (χ0v) is 14.9. The first kappa shape index (κ1) is 15.2. The van der Waals surface area contributed by atoms with Gasteiger partial charge in [0.05, 0.1) is 15.1 Å². The summed E-state index contributed by atoms with van der Waals surface area (Å²) in [6, 6.07) is 14.5. The van der Waals surface area contributed by atoms with Gasteiger partial charge in [0.1, 0.15) is 11.1 Å². The van der Waals surface area contributed by atoms with E-state index in [1.54, 1.807) is 11.3 Å². The molecule has 0 aliphatic rings. The third-order valence-electron chi connectivity index (χ3n) is 3.08. The van der Waals surface area contributed by atoms with Crippen molar-refractivity contribution >= 4 is 50.3 Å². The van der Waals surface area contributed by atoms with E-state index in [1.165, 1.54) is 16.9 Å². The maximum Gasteiger partial charge on any atom is 0.134 e. The summed E-state index contributed by atoms with van der Waals surface area (Å²) in [5.74, 6) is 0. The van der Waals surface area contributed by atoms with Crippen molar-refractivity contribution in [3.63, 3.8) is 0 Å². The molecule has 0 unspecified atom stereocenters. The molecule has 22 heavy (non-hydrogen) atoms. The van der Waals surface area contributed by atoms with Crippen LogP contribution >= 0.6 is 38.6 Å². The SMILES string of the molecule is Cc1ccc(-c2csc(/C(C#N)=C/c3ccc(Br)s3)n2)cc1. The molecule has 5 heteroatoms. The molecular weight excluding hydrogens is 376 g/mol. The number of nitriles is 1. The first-order valence-corrected chi connectivity index (χ1v) is 9.05. The van der Waals surface area contributed by atoms with Crippen LogP contribution in [0.15, 0.2) is 45.6 Å². The van der Waals surface area contributed by atoms with E-state index < -0.39 is 0 Å². The first-order chi connectivity index (χ1) is 10.7. The fourth-order valence-electron chi connectivity index (χ4n) is 1.94. The van der Waals surface area contributed by atoms with Crippen LogP contribution in [-0.2, 0) is 0 Å². The van der Waals surface area contributed by atoms with E-state index in [0.717, 1.165) is 24.9 Å². The number of halogens is 1. The fourth-order valence-corrected chi connectivity index (χ4v) is 4.11. The van der Waals surface area contributed by atoms with Gasteiger partial charge in [0.2, 0.25) is 0 Å². The number of thiophene rings is 1. The highest BCUT2D eigenvalue weighted by atomic mass is 79.9. The predicted octanol–water partition coefficient (Wildman–Crippen LogP) is 6.01. The van der Waals surface area contributed by atoms with Gasteiger partial charge in [-0.05, 0) is 41.1 Å². The van der Waals surface area contributed by atoms with Crippen LogP contribution in [0.5, 0.6) is 0 Å². The Bertz CT molecular complexity index is 867. The zero-order chi connectivity index (χ0) is 15.5. The van der Waals surface area contributed by atoms with Gasteiger partial charge in [0.25, 0.3) is 0 Å². The highest BCUT2D eigenvalue weighted by Gasteiger charge is 2.09. The number of rotatable bonds is 3. The molecule has 0 aliphatic carbocycles. The van der Waals surface area contributed by atoms with E-state index in [9.17, 15) is 5.26 Å². The zero-order valence-electron chi connectivity index (χ0n) is 11.7. The number of hydrogen-bond donors (Lipinski definition) is 0. The molecule has 0 atom stereocenters. The second kappa shape index (κ2) is 6.57. The van der Waals surface area contributed by atoms with Crippen LogP contribution in [-0.4, -0.2) is 4.98 Å². The van der Waals surface area contributed by atoms with Gasteiger partial charge in [0, 0.05) is 15.8 Å². The molecule has 2 nitrogen and oxygen atoms in total. The van der Waals surface area contributed by atoms with E-state index in [2.05, 4.69) is 58.2 Å². The summed E-state index contributed by atoms with van der Waals surface area (Å²) in [7, 11) is 0. The summed E-state index contributed by atoms with van der Waals surface area (Å²) in [6.45, 7) is 2.06. The molecule has 108 valence electrons. The Morgan fingerprint density at radius 1 is 1.23 bits per heavy atom. The Hall–Kier alpha value is -1.74. The molecule has 0 spiro atoms. The molecule has 0 amide bonds. The maximum atomic E-state index is 9.41. The van der Waals surface area contributed by atoms with E-state index >= 15 is 0 Å². The van der Waals surface area contributed by atoms with Crippen LogP contribution in [0, 0.1) is 18.3 Å². The summed E-state index contributed by atoms with van der Waals surface area (Å²) in [5, 5.41) is 12.2. The molecule has 2 aromatic heterocycles. The average molecular weight is 387 g/mol. The monoisotopic (exact) mass is 386 g/mol. The molecule has 3 aromatic rings. The molecule has 0 saturated heterocycles. The highest BCUT2D eigenvalue weighted by Crippen LogP contribution is 2.30. The first-order valence-electron chi connectivity index (χ1n) is 6.56. The quantitative estimate of drug-likeness (QED) is 0.517. The van der Waals surface area contributed by atoms with Crippen LogP contribution in [0.25, 0.3) is 22.9 Å². The second-order valence-electron chi connectivity index (χ2n) is 4.72. The maximum absolute atomic E-state index is 9.41. The van der Waals surface area contributed by atoms with Crippen LogP contribution in [0.1, 0.15) is 15.4 Å². The lowest BCUT2D eigenvalue weighted by Gasteiger charge is -1.97.